The van der Waals surface area contributed by atoms with Gasteiger partial charge >= 0.3 is 0 Å². The van der Waals surface area contributed by atoms with Crippen molar-refractivity contribution in [3.8, 4) is 0 Å². The molecule has 2 aromatic rings. The molecule has 1 aliphatic rings. The van der Waals surface area contributed by atoms with E-state index in [-0.39, 0.29) is 16.2 Å². The summed E-state index contributed by atoms with van der Waals surface area (Å²) < 4.78 is 0. The summed E-state index contributed by atoms with van der Waals surface area (Å²) in [5.41, 5.74) is 25.5. The van der Waals surface area contributed by atoms with Gasteiger partial charge in [0.25, 0.3) is 0 Å². The van der Waals surface area contributed by atoms with Crippen LogP contribution in [0.2, 0.25) is 0 Å². The average Bonchev–Trinajstić information content (AvgIpc) is 3.87. The Morgan fingerprint density at radius 1 is 0.543 bits per heavy atom. The normalized spacial score (nSPS) is 14.7. The van der Waals surface area contributed by atoms with E-state index in [1.54, 1.807) is 66.8 Å². The van der Waals surface area contributed by atoms with Crippen LogP contribution in [0.4, 0.5) is 0 Å². The molecular weight excluding hydrogens is 841 g/mol. The maximum atomic E-state index is 4.63. The van der Waals surface area contributed by atoms with Crippen molar-refractivity contribution in [3.63, 3.8) is 0 Å². The van der Waals surface area contributed by atoms with Crippen LogP contribution in [0.5, 0.6) is 0 Å². The minimum absolute atomic E-state index is 0.0266. The Kier molecular flexibility index (Phi) is 26.4. The average molecular weight is 958 g/mol. The molecule has 0 atom stereocenters. The van der Waals surface area contributed by atoms with Crippen molar-refractivity contribution in [3.05, 3.63) is 108 Å². The van der Waals surface area contributed by atoms with E-state index in [0.717, 1.165) is 25.7 Å². The van der Waals surface area contributed by atoms with Gasteiger partial charge in [-0.15, -0.1) is 0 Å². The number of hydrogen-bond acceptors (Lipinski definition) is 0. The molecule has 0 N–H and O–H groups in total. The molecule has 0 nitrogen and oxygen atoms in total. The van der Waals surface area contributed by atoms with Crippen LogP contribution in [0, 0.1) is 11.3 Å². The van der Waals surface area contributed by atoms with Gasteiger partial charge in [0.1, 0.15) is 0 Å². The molecule has 0 amide bonds. The highest BCUT2D eigenvalue weighted by molar-refractivity contribution is 5.94. The van der Waals surface area contributed by atoms with Crippen molar-refractivity contribution in [1.29, 1.82) is 0 Å². The first-order valence-corrected chi connectivity index (χ1v) is 30.5. The molecule has 0 spiro atoms. The number of benzene rings is 2. The molecule has 0 unspecified atom stereocenters. The number of allylic oxidation sites excluding steroid dienone is 6. The van der Waals surface area contributed by atoms with Gasteiger partial charge in [0, 0.05) is 5.41 Å². The maximum Gasteiger partial charge on any atom is 0.0158 e. The molecule has 0 saturated carbocycles. The summed E-state index contributed by atoms with van der Waals surface area (Å²) in [5.74, 6) is 0.449. The van der Waals surface area contributed by atoms with Crippen molar-refractivity contribution < 1.29 is 0 Å². The van der Waals surface area contributed by atoms with E-state index in [0.29, 0.717) is 5.92 Å². The van der Waals surface area contributed by atoms with E-state index in [1.165, 1.54) is 176 Å². The van der Waals surface area contributed by atoms with E-state index < -0.39 is 0 Å². The predicted octanol–water partition coefficient (Wildman–Crippen LogP) is 22.8. The first kappa shape index (κ1) is 61.7. The zero-order valence-corrected chi connectivity index (χ0v) is 50.3. The van der Waals surface area contributed by atoms with Gasteiger partial charge < -0.3 is 0 Å². The minimum atomic E-state index is -0.0538. The van der Waals surface area contributed by atoms with Gasteiger partial charge in [0.05, 0.1) is 0 Å². The summed E-state index contributed by atoms with van der Waals surface area (Å²) in [6.45, 7) is 48.7. The molecule has 0 aromatic heterocycles. The second-order valence-corrected chi connectivity index (χ2v) is 25.0. The first-order valence-electron chi connectivity index (χ1n) is 30.5. The van der Waals surface area contributed by atoms with Crippen molar-refractivity contribution in [2.45, 2.75) is 315 Å². The Morgan fingerprint density at radius 3 is 1.31 bits per heavy atom. The Morgan fingerprint density at radius 2 is 0.957 bits per heavy atom. The molecule has 0 radical (unpaired) electrons. The zero-order chi connectivity index (χ0) is 52.2. The molecule has 0 saturated heterocycles. The molecule has 0 aliphatic heterocycles. The van der Waals surface area contributed by atoms with E-state index in [9.17, 15) is 0 Å². The Balaban J connectivity index is 2.74. The number of fused-ring (bicyclic) bond motifs is 1. The molecule has 0 heteroatoms. The van der Waals surface area contributed by atoms with Crippen LogP contribution in [0.15, 0.2) is 52.7 Å². The van der Waals surface area contributed by atoms with Crippen molar-refractivity contribution in [2.75, 3.05) is 0 Å². The summed E-state index contributed by atoms with van der Waals surface area (Å²) in [6, 6.07) is 5.64. The van der Waals surface area contributed by atoms with Crippen molar-refractivity contribution >= 4 is 5.57 Å². The lowest BCUT2D eigenvalue weighted by molar-refractivity contribution is 0.511. The molecular formula is C70H116. The number of unbranched alkanes of at least 4 members (excludes halogenated alkanes) is 18. The fraction of sp³-hybridized carbons (Fsp3) is 0.714. The highest BCUT2D eigenvalue weighted by atomic mass is 14.5. The third-order valence-corrected chi connectivity index (χ3v) is 16.7. The quantitative estimate of drug-likeness (QED) is 0.0484. The van der Waals surface area contributed by atoms with E-state index >= 15 is 0 Å². The van der Waals surface area contributed by atoms with Crippen LogP contribution in [-0.2, 0) is 42.9 Å². The summed E-state index contributed by atoms with van der Waals surface area (Å²) in [7, 11) is 0. The van der Waals surface area contributed by atoms with Gasteiger partial charge in [0.2, 0.25) is 0 Å². The smallest absolute Gasteiger partial charge is 0.0158 e. The van der Waals surface area contributed by atoms with Crippen LogP contribution in [0.1, 0.15) is 328 Å². The summed E-state index contributed by atoms with van der Waals surface area (Å²) in [4.78, 5) is 0. The fourth-order valence-electron chi connectivity index (χ4n) is 12.6. The predicted molar refractivity (Wildman–Crippen MR) is 318 cm³/mol. The molecule has 0 heterocycles. The summed E-state index contributed by atoms with van der Waals surface area (Å²) in [6.07, 6.45) is 38.4. The lowest BCUT2D eigenvalue weighted by Gasteiger charge is -2.33. The third kappa shape index (κ3) is 16.5. The number of aryl methyl sites for hydroxylation is 2. The highest BCUT2D eigenvalue weighted by Crippen LogP contribution is 2.60. The van der Waals surface area contributed by atoms with Gasteiger partial charge in [0.15, 0.2) is 0 Å². The first-order chi connectivity index (χ1) is 33.3. The molecule has 396 valence electrons. The van der Waals surface area contributed by atoms with Crippen LogP contribution in [-0.4, -0.2) is 0 Å². The SMILES string of the molecule is C=C\C(=C(CC)/C(=C(/c1cc(CCCCCCCCC)c(CCCCCCCCC)c(CCCCCCCCC)c1)c1c(CC)c(C(C)(C)C)c2c(c1CC)C2(C)C)C(/CC)=C(\C)C(C)C)C(C)(C)C. The summed E-state index contributed by atoms with van der Waals surface area (Å²) in [5, 5.41) is 0. The molecule has 0 bridgehead atoms. The van der Waals surface area contributed by atoms with Crippen LogP contribution in [0.25, 0.3) is 5.57 Å². The molecule has 3 rings (SSSR count). The third-order valence-electron chi connectivity index (χ3n) is 16.7. The lowest BCUT2D eigenvalue weighted by Crippen LogP contribution is -2.19. The summed E-state index contributed by atoms with van der Waals surface area (Å²) >= 11 is 0. The monoisotopic (exact) mass is 957 g/mol. The van der Waals surface area contributed by atoms with Gasteiger partial charge in [-0.05, 0) is 171 Å². The van der Waals surface area contributed by atoms with Crippen LogP contribution >= 0.6 is 0 Å². The fourth-order valence-corrected chi connectivity index (χ4v) is 12.6. The molecule has 2 aromatic carbocycles. The second kappa shape index (κ2) is 29.9. The molecule has 1 aliphatic carbocycles. The van der Waals surface area contributed by atoms with Gasteiger partial charge in [-0.3, -0.25) is 0 Å². The Hall–Kier alpha value is -2.60. The van der Waals surface area contributed by atoms with E-state index in [2.05, 4.69) is 149 Å². The van der Waals surface area contributed by atoms with E-state index in [1.807, 2.05) is 0 Å². The van der Waals surface area contributed by atoms with Crippen LogP contribution in [0.3, 0.4) is 0 Å². The second-order valence-electron chi connectivity index (χ2n) is 25.0. The topological polar surface area (TPSA) is 0 Å². The highest BCUT2D eigenvalue weighted by Gasteiger charge is 2.50. The molecule has 0 fully saturated rings. The van der Waals surface area contributed by atoms with E-state index in [4.69, 9.17) is 0 Å². The number of rotatable bonds is 34. The van der Waals surface area contributed by atoms with Crippen LogP contribution < -0.4 is 0 Å². The maximum absolute atomic E-state index is 4.63. The standard InChI is InChI=1S/C70H116/c1-20-28-31-34-37-40-43-46-53-49-55(50-54(47-44-41-38-35-32-29-21-2)60(53)48-45-42-39-36-33-30-22-3)62(63(56(23-4)52(11)51(9)10)57(24-5)61(27-8)68(12,13)14)64-58(25-6)65(69(15,16)17)67-66(59(64)26-7)70(67,18)19/h27,49-51H,8,20-26,28-48H2,1-7,9-19H3/b56-52+,61-57+,63-62-. The lowest BCUT2D eigenvalue weighted by atomic mass is 9.71. The van der Waals surface area contributed by atoms with Crippen molar-refractivity contribution in [2.24, 2.45) is 11.3 Å². The van der Waals surface area contributed by atoms with Gasteiger partial charge in [-0.1, -0.05) is 264 Å². The Bertz CT molecular complexity index is 1980. The largest absolute Gasteiger partial charge is 0.0988 e. The molecule has 70 heavy (non-hydrogen) atoms. The van der Waals surface area contributed by atoms with Gasteiger partial charge in [-0.2, -0.15) is 0 Å². The van der Waals surface area contributed by atoms with Gasteiger partial charge in [-0.25, -0.2) is 0 Å². The number of hydrogen-bond donors (Lipinski definition) is 0. The van der Waals surface area contributed by atoms with Crippen molar-refractivity contribution in [1.82, 2.24) is 0 Å². The Labute approximate surface area is 438 Å². The zero-order valence-electron chi connectivity index (χ0n) is 50.3. The minimum Gasteiger partial charge on any atom is -0.0988 e.